The maximum atomic E-state index is 12.8. The number of carbonyl (C=O) groups excluding carboxylic acids is 2. The maximum absolute atomic E-state index is 12.8. The first-order valence-corrected chi connectivity index (χ1v) is 9.56. The van der Waals surface area contributed by atoms with Crippen molar-refractivity contribution in [2.45, 2.75) is 12.5 Å². The number of likely N-dealkylation sites (tertiary alicyclic amines) is 1. The van der Waals surface area contributed by atoms with Gasteiger partial charge in [-0.15, -0.1) is 0 Å². The summed E-state index contributed by atoms with van der Waals surface area (Å²) >= 11 is 0. The molecule has 2 heterocycles. The Bertz CT molecular complexity index is 1060. The van der Waals surface area contributed by atoms with E-state index < -0.39 is 0 Å². The van der Waals surface area contributed by atoms with E-state index in [9.17, 15) is 9.59 Å². The fraction of sp³-hybridized carbons (Fsp3) is 0.174. The predicted molar refractivity (Wildman–Crippen MR) is 115 cm³/mol. The van der Waals surface area contributed by atoms with Crippen LogP contribution in [0, 0.1) is 0 Å². The Morgan fingerprint density at radius 2 is 1.86 bits per heavy atom. The molecule has 2 aromatic carbocycles. The maximum Gasteiger partial charge on any atom is 0.253 e. The quantitative estimate of drug-likeness (QED) is 0.656. The summed E-state index contributed by atoms with van der Waals surface area (Å²) in [5, 5.41) is 8.36. The lowest BCUT2D eigenvalue weighted by atomic mass is 10.1. The smallest absolute Gasteiger partial charge is 0.253 e. The van der Waals surface area contributed by atoms with Crippen molar-refractivity contribution in [1.82, 2.24) is 9.88 Å². The van der Waals surface area contributed by atoms with Crippen LogP contribution in [0.2, 0.25) is 0 Å². The van der Waals surface area contributed by atoms with Gasteiger partial charge in [0.2, 0.25) is 5.91 Å². The molecule has 6 nitrogen and oxygen atoms in total. The number of carbonyl (C=O) groups is 2. The summed E-state index contributed by atoms with van der Waals surface area (Å²) in [5.74, 6) is 0.535. The van der Waals surface area contributed by atoms with Gasteiger partial charge in [0.25, 0.3) is 5.91 Å². The minimum Gasteiger partial charge on any atom is -0.365 e. The van der Waals surface area contributed by atoms with Gasteiger partial charge in [0.05, 0.1) is 0 Å². The number of hydrogen-bond acceptors (Lipinski definition) is 4. The predicted octanol–water partition coefficient (Wildman–Crippen LogP) is 3.69. The summed E-state index contributed by atoms with van der Waals surface area (Å²) in [6.07, 6.45) is 3.94. The molecular weight excluding hydrogens is 364 g/mol. The number of anilines is 2. The van der Waals surface area contributed by atoms with Gasteiger partial charge < -0.3 is 15.5 Å². The minimum absolute atomic E-state index is 0.0117. The first kappa shape index (κ1) is 18.7. The SMILES string of the molecule is C=CC(=O)Nc1ccc(C(=O)N2CC[C@H](Nc3cc4ccccc4cn3)C2)cc1. The van der Waals surface area contributed by atoms with E-state index in [1.165, 1.54) is 6.08 Å². The Labute approximate surface area is 169 Å². The third kappa shape index (κ3) is 4.27. The van der Waals surface area contributed by atoms with Crippen molar-refractivity contribution >= 4 is 34.1 Å². The van der Waals surface area contributed by atoms with Crippen LogP contribution in [0.5, 0.6) is 0 Å². The fourth-order valence-electron chi connectivity index (χ4n) is 3.51. The number of pyridine rings is 1. The van der Waals surface area contributed by atoms with Crippen LogP contribution in [0.25, 0.3) is 10.8 Å². The summed E-state index contributed by atoms with van der Waals surface area (Å²) in [7, 11) is 0. The van der Waals surface area contributed by atoms with Crippen LogP contribution in [0.15, 0.2) is 73.4 Å². The lowest BCUT2D eigenvalue weighted by molar-refractivity contribution is -0.111. The third-order valence-electron chi connectivity index (χ3n) is 5.04. The van der Waals surface area contributed by atoms with Gasteiger partial charge in [-0.25, -0.2) is 4.98 Å². The minimum atomic E-state index is -0.278. The van der Waals surface area contributed by atoms with Gasteiger partial charge in [-0.2, -0.15) is 0 Å². The van der Waals surface area contributed by atoms with Gasteiger partial charge in [0.15, 0.2) is 0 Å². The third-order valence-corrected chi connectivity index (χ3v) is 5.04. The molecule has 0 unspecified atom stereocenters. The first-order valence-electron chi connectivity index (χ1n) is 9.56. The Morgan fingerprint density at radius 3 is 2.62 bits per heavy atom. The van der Waals surface area contributed by atoms with Gasteiger partial charge in [-0.1, -0.05) is 30.8 Å². The number of rotatable bonds is 5. The highest BCUT2D eigenvalue weighted by molar-refractivity contribution is 5.99. The standard InChI is InChI=1S/C23H22N4O2/c1-2-22(28)26-19-9-7-16(8-10-19)23(29)27-12-11-20(15-27)25-21-13-17-5-3-4-6-18(17)14-24-21/h2-10,13-14,20H,1,11-12,15H2,(H,24,25)(H,26,28)/t20-/m0/s1. The summed E-state index contributed by atoms with van der Waals surface area (Å²) in [4.78, 5) is 30.5. The summed E-state index contributed by atoms with van der Waals surface area (Å²) in [6, 6.07) is 17.2. The second-order valence-electron chi connectivity index (χ2n) is 7.07. The van der Waals surface area contributed by atoms with Crippen LogP contribution in [0.3, 0.4) is 0 Å². The van der Waals surface area contributed by atoms with E-state index in [2.05, 4.69) is 28.3 Å². The molecule has 1 atom stereocenters. The molecule has 1 aliphatic heterocycles. The molecule has 1 aliphatic rings. The largest absolute Gasteiger partial charge is 0.365 e. The molecule has 2 N–H and O–H groups in total. The average Bonchev–Trinajstić information content (AvgIpc) is 3.22. The van der Waals surface area contributed by atoms with Crippen LogP contribution in [0.1, 0.15) is 16.8 Å². The molecule has 2 amide bonds. The molecule has 1 fully saturated rings. The highest BCUT2D eigenvalue weighted by atomic mass is 16.2. The molecule has 3 aromatic rings. The Morgan fingerprint density at radius 1 is 1.10 bits per heavy atom. The molecule has 146 valence electrons. The Balaban J connectivity index is 1.37. The van der Waals surface area contributed by atoms with Gasteiger partial charge in [0.1, 0.15) is 5.82 Å². The van der Waals surface area contributed by atoms with E-state index in [0.717, 1.165) is 23.0 Å². The van der Waals surface area contributed by atoms with Crippen molar-refractivity contribution in [3.05, 3.63) is 79.0 Å². The molecule has 6 heteroatoms. The van der Waals surface area contributed by atoms with E-state index in [1.807, 2.05) is 35.4 Å². The average molecular weight is 386 g/mol. The summed E-state index contributed by atoms with van der Waals surface area (Å²) in [5.41, 5.74) is 1.24. The topological polar surface area (TPSA) is 74.3 Å². The van der Waals surface area contributed by atoms with E-state index in [4.69, 9.17) is 0 Å². The van der Waals surface area contributed by atoms with Gasteiger partial charge in [-0.3, -0.25) is 9.59 Å². The van der Waals surface area contributed by atoms with Crippen LogP contribution >= 0.6 is 0 Å². The molecular formula is C23H22N4O2. The molecule has 0 radical (unpaired) electrons. The molecule has 0 spiro atoms. The van der Waals surface area contributed by atoms with E-state index in [0.29, 0.717) is 24.3 Å². The molecule has 1 aromatic heterocycles. The van der Waals surface area contributed by atoms with Crippen LogP contribution < -0.4 is 10.6 Å². The Hall–Kier alpha value is -3.67. The summed E-state index contributed by atoms with van der Waals surface area (Å²) < 4.78 is 0. The number of hydrogen-bond donors (Lipinski definition) is 2. The highest BCUT2D eigenvalue weighted by Crippen LogP contribution is 2.21. The molecule has 29 heavy (non-hydrogen) atoms. The molecule has 4 rings (SSSR count). The van der Waals surface area contributed by atoms with E-state index in [1.54, 1.807) is 24.3 Å². The molecule has 0 saturated carbocycles. The zero-order chi connectivity index (χ0) is 20.2. The van der Waals surface area contributed by atoms with Crippen LogP contribution in [-0.2, 0) is 4.79 Å². The van der Waals surface area contributed by atoms with E-state index in [-0.39, 0.29) is 17.9 Å². The van der Waals surface area contributed by atoms with E-state index >= 15 is 0 Å². The van der Waals surface area contributed by atoms with Gasteiger partial charge >= 0.3 is 0 Å². The van der Waals surface area contributed by atoms with Crippen molar-refractivity contribution in [1.29, 1.82) is 0 Å². The second-order valence-corrected chi connectivity index (χ2v) is 7.07. The number of benzene rings is 2. The second kappa shape index (κ2) is 8.14. The zero-order valence-electron chi connectivity index (χ0n) is 16.0. The lowest BCUT2D eigenvalue weighted by Gasteiger charge is -2.18. The van der Waals surface area contributed by atoms with Crippen LogP contribution in [-0.4, -0.2) is 40.8 Å². The van der Waals surface area contributed by atoms with Crippen molar-refractivity contribution in [3.8, 4) is 0 Å². The van der Waals surface area contributed by atoms with Crippen molar-refractivity contribution < 1.29 is 9.59 Å². The monoisotopic (exact) mass is 386 g/mol. The van der Waals surface area contributed by atoms with Crippen LogP contribution in [0.4, 0.5) is 11.5 Å². The number of nitrogens with zero attached hydrogens (tertiary/aromatic N) is 2. The molecule has 0 bridgehead atoms. The fourth-order valence-corrected chi connectivity index (χ4v) is 3.51. The van der Waals surface area contributed by atoms with Crippen molar-refractivity contribution in [3.63, 3.8) is 0 Å². The Kier molecular flexibility index (Phi) is 5.24. The van der Waals surface area contributed by atoms with Gasteiger partial charge in [0, 0.05) is 42.0 Å². The lowest BCUT2D eigenvalue weighted by Crippen LogP contribution is -2.31. The van der Waals surface area contributed by atoms with Crippen molar-refractivity contribution in [2.75, 3.05) is 23.7 Å². The number of amides is 2. The van der Waals surface area contributed by atoms with Crippen molar-refractivity contribution in [2.24, 2.45) is 0 Å². The zero-order valence-corrected chi connectivity index (χ0v) is 16.0. The first-order chi connectivity index (χ1) is 14.1. The van der Waals surface area contributed by atoms with Gasteiger partial charge in [-0.05, 0) is 48.2 Å². The summed E-state index contributed by atoms with van der Waals surface area (Å²) in [6.45, 7) is 4.74. The highest BCUT2D eigenvalue weighted by Gasteiger charge is 2.27. The molecule has 0 aliphatic carbocycles. The normalized spacial score (nSPS) is 15.9. The number of aromatic nitrogens is 1. The number of nitrogens with one attached hydrogen (secondary N) is 2. The number of fused-ring (bicyclic) bond motifs is 1. The molecule has 1 saturated heterocycles.